The zero-order valence-corrected chi connectivity index (χ0v) is 59.6. The van der Waals surface area contributed by atoms with Crippen molar-refractivity contribution in [2.75, 3.05) is 19.8 Å². The molecule has 0 bridgehead atoms. The Morgan fingerprint density at radius 1 is 0.380 bits per heavy atom. The molecule has 0 aliphatic carbocycles. The van der Waals surface area contributed by atoms with Crippen molar-refractivity contribution in [3.05, 3.63) is 24.3 Å². The SMILES string of the molecule is CCCCCCCCCCCCC/C=C/CC/C=C/C(O)C(COC1OC(CO)C(OC2OC(CO)C(O)C(O)C2O)C(O)C1O)NC(=O)CCCCCCCCCCCCCCCCCCCCCCCCCCCCCCCCCCCCCCCCCCC. The third kappa shape index (κ3) is 45.9. The number of nitrogens with one attached hydrogen (secondary N) is 1. The van der Waals surface area contributed by atoms with Crippen molar-refractivity contribution in [2.24, 2.45) is 0 Å². The van der Waals surface area contributed by atoms with Gasteiger partial charge >= 0.3 is 0 Å². The van der Waals surface area contributed by atoms with Gasteiger partial charge in [0.15, 0.2) is 12.6 Å². The molecule has 9 N–H and O–H groups in total. The van der Waals surface area contributed by atoms with Gasteiger partial charge in [-0.05, 0) is 32.1 Å². The molecule has 0 aromatic carbocycles. The molecule has 544 valence electrons. The van der Waals surface area contributed by atoms with E-state index in [1.54, 1.807) is 6.08 Å². The van der Waals surface area contributed by atoms with Crippen LogP contribution >= 0.6 is 0 Å². The first kappa shape index (κ1) is 86.6. The van der Waals surface area contributed by atoms with Crippen LogP contribution in [0.5, 0.6) is 0 Å². The normalized spacial score (nSPS) is 22.7. The van der Waals surface area contributed by atoms with Crippen LogP contribution in [0.2, 0.25) is 0 Å². The molecule has 12 unspecified atom stereocenters. The molecule has 0 saturated carbocycles. The summed E-state index contributed by atoms with van der Waals surface area (Å²) in [6, 6.07) is -0.929. The lowest BCUT2D eigenvalue weighted by Crippen LogP contribution is -2.65. The second-order valence-electron chi connectivity index (χ2n) is 28.2. The maximum atomic E-state index is 13.3. The molecule has 2 saturated heterocycles. The van der Waals surface area contributed by atoms with Crippen molar-refractivity contribution in [1.82, 2.24) is 5.32 Å². The van der Waals surface area contributed by atoms with Crippen LogP contribution in [0.15, 0.2) is 24.3 Å². The first-order valence-electron chi connectivity index (χ1n) is 39.6. The topological polar surface area (TPSA) is 228 Å². The minimum absolute atomic E-state index is 0.241. The molecule has 92 heavy (non-hydrogen) atoms. The van der Waals surface area contributed by atoms with E-state index in [0.29, 0.717) is 12.8 Å². The molecule has 0 aromatic rings. The average Bonchev–Trinajstić information content (AvgIpc) is 0.835. The van der Waals surface area contributed by atoms with Crippen LogP contribution in [0, 0.1) is 0 Å². The summed E-state index contributed by atoms with van der Waals surface area (Å²) in [5.41, 5.74) is 0. The van der Waals surface area contributed by atoms with Crippen molar-refractivity contribution >= 4 is 5.91 Å². The summed E-state index contributed by atoms with van der Waals surface area (Å²) in [5, 5.41) is 87.4. The summed E-state index contributed by atoms with van der Waals surface area (Å²) in [4.78, 5) is 13.3. The summed E-state index contributed by atoms with van der Waals surface area (Å²) in [7, 11) is 0. The molecule has 2 rings (SSSR count). The highest BCUT2D eigenvalue weighted by Gasteiger charge is 2.51. The number of aliphatic hydroxyl groups is 8. The Balaban J connectivity index is 1.54. The van der Waals surface area contributed by atoms with Gasteiger partial charge < -0.3 is 65.1 Å². The molecule has 0 aromatic heterocycles. The Kier molecular flexibility index (Phi) is 59.2. The largest absolute Gasteiger partial charge is 0.394 e. The fourth-order valence-electron chi connectivity index (χ4n) is 13.4. The maximum Gasteiger partial charge on any atom is 0.220 e. The minimum atomic E-state index is -1.79. The Morgan fingerprint density at radius 3 is 1.07 bits per heavy atom. The van der Waals surface area contributed by atoms with Gasteiger partial charge in [0, 0.05) is 6.42 Å². The van der Waals surface area contributed by atoms with Crippen molar-refractivity contribution in [3.63, 3.8) is 0 Å². The number of hydrogen-bond donors (Lipinski definition) is 9. The van der Waals surface area contributed by atoms with E-state index in [-0.39, 0.29) is 18.9 Å². The van der Waals surface area contributed by atoms with Crippen molar-refractivity contribution in [2.45, 2.75) is 447 Å². The first-order chi connectivity index (χ1) is 45.1. The molecular weight excluding hydrogens is 1160 g/mol. The van der Waals surface area contributed by atoms with Crippen LogP contribution in [0.1, 0.15) is 373 Å². The predicted molar refractivity (Wildman–Crippen MR) is 378 cm³/mol. The minimum Gasteiger partial charge on any atom is -0.394 e. The van der Waals surface area contributed by atoms with Gasteiger partial charge in [-0.2, -0.15) is 0 Å². The van der Waals surface area contributed by atoms with E-state index in [9.17, 15) is 45.6 Å². The highest BCUT2D eigenvalue weighted by Crippen LogP contribution is 2.30. The van der Waals surface area contributed by atoms with Crippen LogP contribution in [-0.2, 0) is 23.7 Å². The Bertz CT molecular complexity index is 1640. The molecule has 12 atom stereocenters. The zero-order chi connectivity index (χ0) is 66.6. The molecule has 14 nitrogen and oxygen atoms in total. The van der Waals surface area contributed by atoms with E-state index < -0.39 is 86.8 Å². The van der Waals surface area contributed by atoms with Gasteiger partial charge in [0.05, 0.1) is 32.0 Å². The Morgan fingerprint density at radius 2 is 0.696 bits per heavy atom. The number of carbonyl (C=O) groups excluding carboxylic acids is 1. The second-order valence-corrected chi connectivity index (χ2v) is 28.2. The van der Waals surface area contributed by atoms with Crippen LogP contribution in [0.4, 0.5) is 0 Å². The van der Waals surface area contributed by atoms with Gasteiger partial charge in [0.2, 0.25) is 5.91 Å². The van der Waals surface area contributed by atoms with Gasteiger partial charge in [0.25, 0.3) is 0 Å². The molecule has 2 heterocycles. The van der Waals surface area contributed by atoms with Gasteiger partial charge in [-0.25, -0.2) is 0 Å². The average molecular weight is 1310 g/mol. The molecule has 2 fully saturated rings. The molecule has 14 heteroatoms. The van der Waals surface area contributed by atoms with Gasteiger partial charge in [-0.3, -0.25) is 4.79 Å². The second kappa shape index (κ2) is 63.0. The standard InChI is InChI=1S/C78H149NO13/c1-3-5-7-9-11-13-15-17-19-21-22-23-24-25-26-27-28-29-30-31-32-33-34-35-36-37-38-39-40-41-42-43-44-46-48-50-52-54-56-58-60-62-70(83)79-66(67(82)61-59-57-55-53-51-49-47-45-20-18-16-14-12-10-8-6-4-2)65-89-77-75(88)73(86)76(69(64-81)91-77)92-78-74(87)72(85)71(84)68(63-80)90-78/h51,53,59,61,66-69,71-78,80-82,84-88H,3-50,52,54-58,60,62-65H2,1-2H3,(H,79,83)/b53-51+,61-59+. The molecule has 2 aliphatic heterocycles. The van der Waals surface area contributed by atoms with Crippen molar-refractivity contribution in [1.29, 1.82) is 0 Å². The third-order valence-corrected chi connectivity index (χ3v) is 19.6. The van der Waals surface area contributed by atoms with Crippen molar-refractivity contribution < 1.29 is 64.6 Å². The summed E-state index contributed by atoms with van der Waals surface area (Å²) in [6.45, 7) is 2.83. The van der Waals surface area contributed by atoms with Crippen molar-refractivity contribution in [3.8, 4) is 0 Å². The van der Waals surface area contributed by atoms with Gasteiger partial charge in [-0.1, -0.05) is 359 Å². The van der Waals surface area contributed by atoms with E-state index >= 15 is 0 Å². The number of carbonyl (C=O) groups is 1. The van der Waals surface area contributed by atoms with E-state index in [2.05, 4.69) is 31.3 Å². The third-order valence-electron chi connectivity index (χ3n) is 19.6. The molecule has 0 spiro atoms. The molecular formula is C78H149NO13. The van der Waals surface area contributed by atoms with E-state index in [0.717, 1.165) is 32.1 Å². The van der Waals surface area contributed by atoms with E-state index in [1.165, 1.54) is 308 Å². The fourth-order valence-corrected chi connectivity index (χ4v) is 13.4. The number of ether oxygens (including phenoxy) is 4. The Labute approximate surface area is 564 Å². The van der Waals surface area contributed by atoms with Crippen LogP contribution < -0.4 is 5.32 Å². The number of unbranched alkanes of at least 4 members (excludes halogenated alkanes) is 52. The molecule has 0 radical (unpaired) electrons. The molecule has 2 aliphatic rings. The highest BCUT2D eigenvalue weighted by atomic mass is 16.7. The summed E-state index contributed by atoms with van der Waals surface area (Å²) in [5.74, 6) is -0.241. The summed E-state index contributed by atoms with van der Waals surface area (Å²) < 4.78 is 22.9. The lowest BCUT2D eigenvalue weighted by molar-refractivity contribution is -0.359. The number of rotatable bonds is 67. The van der Waals surface area contributed by atoms with E-state index in [4.69, 9.17) is 18.9 Å². The maximum absolute atomic E-state index is 13.3. The first-order valence-corrected chi connectivity index (χ1v) is 39.6. The van der Waals surface area contributed by atoms with Crippen LogP contribution in [-0.4, -0.2) is 140 Å². The Hall–Kier alpha value is -1.53. The van der Waals surface area contributed by atoms with E-state index in [1.807, 2.05) is 6.08 Å². The summed E-state index contributed by atoms with van der Waals surface area (Å²) >= 11 is 0. The van der Waals surface area contributed by atoms with Gasteiger partial charge in [-0.15, -0.1) is 0 Å². The lowest BCUT2D eigenvalue weighted by atomic mass is 9.97. The number of aliphatic hydroxyl groups excluding tert-OH is 8. The van der Waals surface area contributed by atoms with Crippen LogP contribution in [0.3, 0.4) is 0 Å². The highest BCUT2D eigenvalue weighted by molar-refractivity contribution is 5.76. The fraction of sp³-hybridized carbons (Fsp3) is 0.936. The molecule has 1 amide bonds. The quantitative estimate of drug-likeness (QED) is 0.0204. The number of allylic oxidation sites excluding steroid dienone is 3. The number of hydrogen-bond acceptors (Lipinski definition) is 13. The van der Waals surface area contributed by atoms with Gasteiger partial charge in [0.1, 0.15) is 48.8 Å². The summed E-state index contributed by atoms with van der Waals surface area (Å²) in [6.07, 6.45) is 64.4. The number of amides is 1. The zero-order valence-electron chi connectivity index (χ0n) is 59.6. The predicted octanol–water partition coefficient (Wildman–Crippen LogP) is 17.5. The lowest BCUT2D eigenvalue weighted by Gasteiger charge is -2.46. The van der Waals surface area contributed by atoms with Crippen LogP contribution in [0.25, 0.3) is 0 Å². The monoisotopic (exact) mass is 1310 g/mol. The smallest absolute Gasteiger partial charge is 0.220 e.